The summed E-state index contributed by atoms with van der Waals surface area (Å²) in [5, 5.41) is 3.20. The van der Waals surface area contributed by atoms with E-state index in [-0.39, 0.29) is 0 Å². The van der Waals surface area contributed by atoms with Crippen LogP contribution in [0.2, 0.25) is 0 Å². The molecule has 0 atom stereocenters. The molecule has 2 aromatic heterocycles. The highest BCUT2D eigenvalue weighted by atomic mass is 32.1. The molecular weight excluding hydrogens is 408 g/mol. The number of anilines is 1. The number of nitrogens with one attached hydrogen (secondary N) is 1. The number of benzene rings is 2. The highest BCUT2D eigenvalue weighted by Crippen LogP contribution is 2.32. The Balaban J connectivity index is 1.22. The zero-order chi connectivity index (χ0) is 20.6. The Bertz CT molecular complexity index is 1220. The molecule has 0 saturated carbocycles. The maximum atomic E-state index is 5.53. The van der Waals surface area contributed by atoms with Crippen LogP contribution in [0.15, 0.2) is 60.0 Å². The largest absolute Gasteiger partial charge is 0.454 e. The van der Waals surface area contributed by atoms with Gasteiger partial charge in [0, 0.05) is 10.9 Å². The van der Waals surface area contributed by atoms with Gasteiger partial charge in [0.15, 0.2) is 17.3 Å². The van der Waals surface area contributed by atoms with Crippen molar-refractivity contribution in [2.75, 3.05) is 37.9 Å². The Morgan fingerprint density at radius 1 is 0.935 bits per heavy atom. The second kappa shape index (κ2) is 7.83. The van der Waals surface area contributed by atoms with Gasteiger partial charge in [-0.3, -0.25) is 0 Å². The molecule has 0 aliphatic carbocycles. The Labute approximate surface area is 184 Å². The second-order valence-electron chi connectivity index (χ2n) is 7.97. The van der Waals surface area contributed by atoms with Crippen LogP contribution in [0, 0.1) is 0 Å². The molecule has 0 bridgehead atoms. The standard InChI is InChI=1S/C24H22N4O2S/c1-2-5-19-18(4-1)24(26-23(25-19)22-6-3-13-31-22)28-11-9-27(10-12-28)15-17-7-8-20-21(14-17)30-16-29-20/h1-8,13-14H,9-12,15-16H2/p+1. The first kappa shape index (κ1) is 18.6. The maximum Gasteiger partial charge on any atom is 0.231 e. The molecule has 2 aliphatic heterocycles. The number of hydrogen-bond acceptors (Lipinski definition) is 6. The minimum atomic E-state index is 0.324. The van der Waals surface area contributed by atoms with E-state index in [1.54, 1.807) is 16.2 Å². The van der Waals surface area contributed by atoms with Crippen molar-refractivity contribution in [1.82, 2.24) is 9.97 Å². The predicted octanol–water partition coefficient (Wildman–Crippen LogP) is 2.99. The lowest BCUT2D eigenvalue weighted by molar-refractivity contribution is -0.914. The third kappa shape index (κ3) is 3.60. The monoisotopic (exact) mass is 431 g/mol. The van der Waals surface area contributed by atoms with Crippen LogP contribution in [0.3, 0.4) is 0 Å². The van der Waals surface area contributed by atoms with Crippen molar-refractivity contribution < 1.29 is 14.4 Å². The van der Waals surface area contributed by atoms with Gasteiger partial charge in [-0.2, -0.15) is 0 Å². The lowest BCUT2D eigenvalue weighted by Crippen LogP contribution is -3.13. The third-order valence-electron chi connectivity index (χ3n) is 5.99. The highest BCUT2D eigenvalue weighted by molar-refractivity contribution is 7.13. The zero-order valence-electron chi connectivity index (χ0n) is 17.1. The number of para-hydroxylation sites is 1. The van der Waals surface area contributed by atoms with Gasteiger partial charge in [0.25, 0.3) is 0 Å². The molecule has 0 radical (unpaired) electrons. The van der Waals surface area contributed by atoms with Gasteiger partial charge < -0.3 is 19.3 Å². The minimum absolute atomic E-state index is 0.324. The van der Waals surface area contributed by atoms with Crippen LogP contribution in [0.5, 0.6) is 11.5 Å². The van der Waals surface area contributed by atoms with Gasteiger partial charge in [-0.1, -0.05) is 18.2 Å². The van der Waals surface area contributed by atoms with Crippen LogP contribution in [0.4, 0.5) is 5.82 Å². The van der Waals surface area contributed by atoms with Crippen molar-refractivity contribution in [2.45, 2.75) is 6.54 Å². The molecule has 1 fully saturated rings. The first-order valence-corrected chi connectivity index (χ1v) is 11.5. The average molecular weight is 432 g/mol. The Morgan fingerprint density at radius 3 is 2.68 bits per heavy atom. The van der Waals surface area contributed by atoms with Gasteiger partial charge in [0.05, 0.1) is 36.6 Å². The molecule has 156 valence electrons. The van der Waals surface area contributed by atoms with Crippen molar-refractivity contribution >= 4 is 28.1 Å². The molecular formula is C24H23N4O2S+. The van der Waals surface area contributed by atoms with E-state index in [1.165, 1.54) is 5.56 Å². The van der Waals surface area contributed by atoms with E-state index in [4.69, 9.17) is 19.4 Å². The summed E-state index contributed by atoms with van der Waals surface area (Å²) in [5.41, 5.74) is 2.30. The Kier molecular flexibility index (Phi) is 4.70. The van der Waals surface area contributed by atoms with E-state index in [9.17, 15) is 0 Å². The number of ether oxygens (including phenoxy) is 2. The normalized spacial score (nSPS) is 16.2. The third-order valence-corrected chi connectivity index (χ3v) is 6.85. The van der Waals surface area contributed by atoms with E-state index >= 15 is 0 Å². The SMILES string of the molecule is c1csc(-c2nc(N3CC[NH+](Cc4ccc5c(c4)OCO5)CC3)c3ccccc3n2)c1. The van der Waals surface area contributed by atoms with Gasteiger partial charge in [-0.05, 0) is 41.8 Å². The summed E-state index contributed by atoms with van der Waals surface area (Å²) in [6.07, 6.45) is 0. The van der Waals surface area contributed by atoms with Crippen molar-refractivity contribution in [1.29, 1.82) is 0 Å². The number of hydrogen-bond donors (Lipinski definition) is 1. The summed E-state index contributed by atoms with van der Waals surface area (Å²) in [7, 11) is 0. The first-order chi connectivity index (χ1) is 15.3. The zero-order valence-corrected chi connectivity index (χ0v) is 17.9. The van der Waals surface area contributed by atoms with Crippen LogP contribution < -0.4 is 19.3 Å². The predicted molar refractivity (Wildman–Crippen MR) is 122 cm³/mol. The summed E-state index contributed by atoms with van der Waals surface area (Å²) < 4.78 is 11.0. The molecule has 2 aliphatic rings. The summed E-state index contributed by atoms with van der Waals surface area (Å²) in [5.74, 6) is 3.58. The van der Waals surface area contributed by atoms with Crippen LogP contribution in [0.25, 0.3) is 21.6 Å². The lowest BCUT2D eigenvalue weighted by Gasteiger charge is -2.33. The first-order valence-electron chi connectivity index (χ1n) is 10.6. The molecule has 6 rings (SSSR count). The molecule has 0 spiro atoms. The van der Waals surface area contributed by atoms with E-state index < -0.39 is 0 Å². The van der Waals surface area contributed by atoms with Crippen LogP contribution >= 0.6 is 11.3 Å². The van der Waals surface area contributed by atoms with E-state index in [2.05, 4.69) is 52.7 Å². The van der Waals surface area contributed by atoms with Crippen molar-refractivity contribution in [3.8, 4) is 22.2 Å². The van der Waals surface area contributed by atoms with Crippen LogP contribution in [-0.2, 0) is 6.54 Å². The molecule has 1 saturated heterocycles. The van der Waals surface area contributed by atoms with Gasteiger partial charge in [-0.15, -0.1) is 11.3 Å². The molecule has 0 amide bonds. The maximum absolute atomic E-state index is 5.53. The Hall–Kier alpha value is -3.16. The van der Waals surface area contributed by atoms with Crippen LogP contribution in [0.1, 0.15) is 5.56 Å². The number of quaternary nitrogens is 1. The molecule has 7 heteroatoms. The van der Waals surface area contributed by atoms with Gasteiger partial charge in [-0.25, -0.2) is 9.97 Å². The fraction of sp³-hybridized carbons (Fsp3) is 0.250. The highest BCUT2D eigenvalue weighted by Gasteiger charge is 2.24. The summed E-state index contributed by atoms with van der Waals surface area (Å²) in [4.78, 5) is 14.9. The van der Waals surface area contributed by atoms with Gasteiger partial charge in [0.2, 0.25) is 6.79 Å². The fourth-order valence-electron chi connectivity index (χ4n) is 4.37. The summed E-state index contributed by atoms with van der Waals surface area (Å²) in [6, 6.07) is 18.8. The van der Waals surface area contributed by atoms with Crippen molar-refractivity contribution in [3.05, 3.63) is 65.5 Å². The number of nitrogens with zero attached hydrogens (tertiary/aromatic N) is 3. The lowest BCUT2D eigenvalue weighted by atomic mass is 10.1. The average Bonchev–Trinajstić information content (AvgIpc) is 3.51. The molecule has 1 N–H and O–H groups in total. The van der Waals surface area contributed by atoms with Crippen molar-refractivity contribution in [3.63, 3.8) is 0 Å². The number of rotatable bonds is 4. The summed E-state index contributed by atoms with van der Waals surface area (Å²) in [6.45, 7) is 5.41. The number of fused-ring (bicyclic) bond motifs is 2. The Morgan fingerprint density at radius 2 is 1.81 bits per heavy atom. The van der Waals surface area contributed by atoms with E-state index in [1.807, 2.05) is 12.1 Å². The number of thiophene rings is 1. The number of piperazine rings is 1. The van der Waals surface area contributed by atoms with Gasteiger partial charge in [0.1, 0.15) is 12.4 Å². The summed E-state index contributed by atoms with van der Waals surface area (Å²) >= 11 is 1.68. The quantitative estimate of drug-likeness (QED) is 0.538. The van der Waals surface area contributed by atoms with Crippen LogP contribution in [-0.4, -0.2) is 42.9 Å². The minimum Gasteiger partial charge on any atom is -0.454 e. The van der Waals surface area contributed by atoms with E-state index in [0.29, 0.717) is 6.79 Å². The molecule has 4 heterocycles. The fourth-order valence-corrected chi connectivity index (χ4v) is 5.03. The molecule has 0 unspecified atom stereocenters. The molecule has 6 nitrogen and oxygen atoms in total. The topological polar surface area (TPSA) is 51.9 Å². The molecule has 31 heavy (non-hydrogen) atoms. The van der Waals surface area contributed by atoms with E-state index in [0.717, 1.165) is 71.6 Å². The van der Waals surface area contributed by atoms with Crippen molar-refractivity contribution in [2.24, 2.45) is 0 Å². The molecule has 4 aromatic rings. The second-order valence-corrected chi connectivity index (χ2v) is 8.91. The number of aromatic nitrogens is 2. The smallest absolute Gasteiger partial charge is 0.231 e. The molecule has 2 aromatic carbocycles. The van der Waals surface area contributed by atoms with Gasteiger partial charge >= 0.3 is 0 Å².